The van der Waals surface area contributed by atoms with E-state index in [2.05, 4.69) is 10.6 Å². The predicted octanol–water partition coefficient (Wildman–Crippen LogP) is 5.29. The molecule has 1 aliphatic heterocycles. The highest BCUT2D eigenvalue weighted by Gasteiger charge is 2.33. The number of fused-ring (bicyclic) bond motifs is 4. The van der Waals surface area contributed by atoms with Crippen molar-refractivity contribution in [3.8, 4) is 39.9 Å². The first-order valence-corrected chi connectivity index (χ1v) is 16.7. The van der Waals surface area contributed by atoms with Crippen LogP contribution in [0.25, 0.3) is 11.1 Å². The van der Waals surface area contributed by atoms with Crippen LogP contribution in [0.3, 0.4) is 0 Å². The fraction of sp³-hybridized carbons (Fsp3) is 0.447. The van der Waals surface area contributed by atoms with Crippen LogP contribution >= 0.6 is 0 Å². The summed E-state index contributed by atoms with van der Waals surface area (Å²) in [7, 11) is 7.89. The van der Waals surface area contributed by atoms with Crippen LogP contribution in [0, 0.1) is 5.92 Å². The van der Waals surface area contributed by atoms with Crippen LogP contribution in [0.2, 0.25) is 0 Å². The molecule has 11 heteroatoms. The zero-order valence-corrected chi connectivity index (χ0v) is 29.7. The van der Waals surface area contributed by atoms with Crippen LogP contribution in [-0.4, -0.2) is 64.8 Å². The summed E-state index contributed by atoms with van der Waals surface area (Å²) in [5.74, 6) is 2.35. The van der Waals surface area contributed by atoms with Crippen molar-refractivity contribution in [2.75, 3.05) is 47.4 Å². The van der Waals surface area contributed by atoms with E-state index in [1.54, 1.807) is 47.7 Å². The second kappa shape index (κ2) is 15.1. The number of methoxy groups -OCH3 is 5. The second-order valence-electron chi connectivity index (χ2n) is 12.6. The average Bonchev–Trinajstić information content (AvgIpc) is 3.35. The summed E-state index contributed by atoms with van der Waals surface area (Å²) >= 11 is 0. The second-order valence-corrected chi connectivity index (χ2v) is 12.6. The Morgan fingerprint density at radius 2 is 1.51 bits per heavy atom. The first-order valence-electron chi connectivity index (χ1n) is 16.7. The zero-order valence-electron chi connectivity index (χ0n) is 29.7. The molecule has 0 bridgehead atoms. The molecule has 3 atom stereocenters. The minimum absolute atomic E-state index is 0.0771. The lowest BCUT2D eigenvalue weighted by atomic mass is 9.94. The van der Waals surface area contributed by atoms with Gasteiger partial charge in [-0.1, -0.05) is 26.3 Å². The summed E-state index contributed by atoms with van der Waals surface area (Å²) in [4.78, 5) is 42.5. The van der Waals surface area contributed by atoms with Crippen molar-refractivity contribution >= 4 is 17.5 Å². The van der Waals surface area contributed by atoms with Gasteiger partial charge in [-0.15, -0.1) is 0 Å². The Labute approximate surface area is 287 Å². The Morgan fingerprint density at radius 1 is 0.857 bits per heavy atom. The van der Waals surface area contributed by atoms with Crippen molar-refractivity contribution in [2.45, 2.75) is 65.1 Å². The number of amides is 2. The quantitative estimate of drug-likeness (QED) is 0.279. The van der Waals surface area contributed by atoms with Crippen LogP contribution in [0.1, 0.15) is 61.9 Å². The van der Waals surface area contributed by atoms with Gasteiger partial charge in [0.1, 0.15) is 6.04 Å². The van der Waals surface area contributed by atoms with E-state index in [9.17, 15) is 14.4 Å². The lowest BCUT2D eigenvalue weighted by Gasteiger charge is -2.34. The number of nitrogens with zero attached hydrogens (tertiary/aromatic N) is 1. The van der Waals surface area contributed by atoms with E-state index in [-0.39, 0.29) is 28.8 Å². The molecule has 0 spiro atoms. The molecular formula is C38H47N3O8. The van der Waals surface area contributed by atoms with Crippen molar-refractivity contribution in [1.82, 2.24) is 10.2 Å². The normalized spacial score (nSPS) is 16.1. The molecule has 0 saturated carbocycles. The largest absolute Gasteiger partial charge is 0.493 e. The van der Waals surface area contributed by atoms with E-state index >= 15 is 0 Å². The van der Waals surface area contributed by atoms with Crippen LogP contribution in [0.4, 0.5) is 5.69 Å². The third kappa shape index (κ3) is 6.97. The summed E-state index contributed by atoms with van der Waals surface area (Å²) in [6.07, 6.45) is 2.54. The lowest BCUT2D eigenvalue weighted by molar-refractivity contribution is -0.134. The van der Waals surface area contributed by atoms with E-state index in [1.807, 2.05) is 43.0 Å². The molecule has 5 rings (SSSR count). The van der Waals surface area contributed by atoms with E-state index < -0.39 is 12.1 Å². The minimum Gasteiger partial charge on any atom is -0.493 e. The predicted molar refractivity (Wildman–Crippen MR) is 188 cm³/mol. The molecule has 1 aliphatic carbocycles. The summed E-state index contributed by atoms with van der Waals surface area (Å²) in [5, 5.41) is 6.40. The molecule has 0 saturated heterocycles. The fourth-order valence-electron chi connectivity index (χ4n) is 6.95. The molecule has 0 aromatic heterocycles. The van der Waals surface area contributed by atoms with Crippen molar-refractivity contribution < 1.29 is 33.3 Å². The summed E-state index contributed by atoms with van der Waals surface area (Å²) in [6, 6.07) is 9.89. The highest BCUT2D eigenvalue weighted by atomic mass is 16.5. The Balaban J connectivity index is 1.57. The number of benzene rings is 2. The average molecular weight is 674 g/mol. The number of hydrogen-bond donors (Lipinski definition) is 2. The van der Waals surface area contributed by atoms with E-state index in [0.29, 0.717) is 66.7 Å². The first kappa shape index (κ1) is 35.4. The number of carbonyl (C=O) groups is 2. The van der Waals surface area contributed by atoms with Gasteiger partial charge in [0.15, 0.2) is 23.0 Å². The number of rotatable bonds is 11. The lowest BCUT2D eigenvalue weighted by Crippen LogP contribution is -2.48. The molecule has 2 aliphatic rings. The van der Waals surface area contributed by atoms with Crippen molar-refractivity contribution in [3.05, 3.63) is 68.9 Å². The van der Waals surface area contributed by atoms with Crippen molar-refractivity contribution in [1.29, 1.82) is 0 Å². The van der Waals surface area contributed by atoms with Crippen LogP contribution in [0.15, 0.2) is 41.2 Å². The van der Waals surface area contributed by atoms with E-state index in [4.69, 9.17) is 23.7 Å². The van der Waals surface area contributed by atoms with Gasteiger partial charge in [-0.25, -0.2) is 0 Å². The Morgan fingerprint density at radius 3 is 2.12 bits per heavy atom. The molecule has 3 aromatic carbocycles. The van der Waals surface area contributed by atoms with Gasteiger partial charge < -0.3 is 39.2 Å². The topological polar surface area (TPSA) is 125 Å². The van der Waals surface area contributed by atoms with Crippen LogP contribution < -0.4 is 39.7 Å². The third-order valence-electron chi connectivity index (χ3n) is 9.74. The van der Waals surface area contributed by atoms with E-state index in [1.165, 1.54) is 6.92 Å². The van der Waals surface area contributed by atoms with Gasteiger partial charge in [0.05, 0.1) is 47.3 Å². The fourth-order valence-corrected chi connectivity index (χ4v) is 6.95. The van der Waals surface area contributed by atoms with Crippen molar-refractivity contribution in [2.24, 2.45) is 5.92 Å². The number of hydrogen-bond acceptors (Lipinski definition) is 9. The molecule has 0 fully saturated rings. The SMILES string of the molecule is CC[C@H](C)[C@H](Nc1ccc2c(cc1=O)[C@@H](NC(C)=O)CCc1cc(OC)c(OC)c(OC)c1-2)C(=O)N1CCc2cc(OC)c(OC)cc2C1. The number of aryl methyl sites for hydroxylation is 1. The highest BCUT2D eigenvalue weighted by molar-refractivity contribution is 5.86. The van der Waals surface area contributed by atoms with Gasteiger partial charge in [-0.3, -0.25) is 14.4 Å². The Kier molecular flexibility index (Phi) is 10.9. The standard InChI is InChI=1S/C38H47N3O8/c1-9-21(2)35(38(44)41-15-14-23-16-31(45-4)32(46-5)18-25(23)20-41)40-29-13-11-26-27(19-30(29)43)28(39-22(3)42)12-10-24-17-33(47-6)36(48-7)37(49-8)34(24)26/h11,13,16-19,21,28,35H,9-10,12,14-15,20H2,1-8H3,(H,39,42)(H,40,43)/t21-,28-,35-/m0/s1. The summed E-state index contributed by atoms with van der Waals surface area (Å²) < 4.78 is 28.3. The molecule has 11 nitrogen and oxygen atoms in total. The van der Waals surface area contributed by atoms with Gasteiger partial charge in [0.25, 0.3) is 0 Å². The molecular weight excluding hydrogens is 626 g/mol. The number of ether oxygens (including phenoxy) is 5. The van der Waals surface area contributed by atoms with Crippen LogP contribution in [0.5, 0.6) is 28.7 Å². The van der Waals surface area contributed by atoms with Gasteiger partial charge in [-0.2, -0.15) is 0 Å². The maximum atomic E-state index is 14.2. The first-order chi connectivity index (χ1) is 23.6. The molecule has 3 aromatic rings. The van der Waals surface area contributed by atoms with E-state index in [0.717, 1.165) is 34.2 Å². The van der Waals surface area contributed by atoms with Crippen molar-refractivity contribution in [3.63, 3.8) is 0 Å². The Bertz CT molecular complexity index is 1790. The molecule has 49 heavy (non-hydrogen) atoms. The smallest absolute Gasteiger partial charge is 0.245 e. The third-order valence-corrected chi connectivity index (χ3v) is 9.74. The summed E-state index contributed by atoms with van der Waals surface area (Å²) in [5.41, 5.74) is 5.19. The maximum absolute atomic E-state index is 14.2. The molecule has 1 heterocycles. The summed E-state index contributed by atoms with van der Waals surface area (Å²) in [6.45, 7) is 6.47. The Hall–Kier alpha value is -4.93. The maximum Gasteiger partial charge on any atom is 0.245 e. The molecule has 2 N–H and O–H groups in total. The minimum atomic E-state index is -0.654. The monoisotopic (exact) mass is 673 g/mol. The number of anilines is 1. The zero-order chi connectivity index (χ0) is 35.4. The highest BCUT2D eigenvalue weighted by Crippen LogP contribution is 2.50. The van der Waals surface area contributed by atoms with Gasteiger partial charge in [0.2, 0.25) is 23.0 Å². The van der Waals surface area contributed by atoms with Gasteiger partial charge in [-0.05, 0) is 83.3 Å². The number of carbonyl (C=O) groups excluding carboxylic acids is 2. The van der Waals surface area contributed by atoms with Gasteiger partial charge >= 0.3 is 0 Å². The molecule has 2 amide bonds. The molecule has 262 valence electrons. The van der Waals surface area contributed by atoms with Gasteiger partial charge in [0, 0.05) is 25.6 Å². The number of nitrogens with one attached hydrogen (secondary N) is 2. The molecule has 0 radical (unpaired) electrons. The molecule has 0 unspecified atom stereocenters. The van der Waals surface area contributed by atoms with Crippen LogP contribution in [-0.2, 0) is 29.0 Å².